The minimum atomic E-state index is -0.0861. The number of anilines is 1. The quantitative estimate of drug-likeness (QED) is 0.712. The molecule has 0 saturated heterocycles. The zero-order valence-electron chi connectivity index (χ0n) is 9.04. The van der Waals surface area contributed by atoms with Gasteiger partial charge in [0.2, 0.25) is 0 Å². The smallest absolute Gasteiger partial charge is 0.253 e. The van der Waals surface area contributed by atoms with E-state index in [-0.39, 0.29) is 5.91 Å². The summed E-state index contributed by atoms with van der Waals surface area (Å²) in [6.45, 7) is 1.04. The number of carbonyl (C=O) groups is 1. The maximum Gasteiger partial charge on any atom is 0.253 e. The van der Waals surface area contributed by atoms with Gasteiger partial charge in [0.1, 0.15) is 0 Å². The number of benzene rings is 1. The summed E-state index contributed by atoms with van der Waals surface area (Å²) in [4.78, 5) is 11.7. The number of nitrogens with one attached hydrogen (secondary N) is 2. The van der Waals surface area contributed by atoms with Crippen LogP contribution in [0.2, 0.25) is 0 Å². The van der Waals surface area contributed by atoms with Crippen LogP contribution in [0.25, 0.3) is 0 Å². The van der Waals surface area contributed by atoms with Crippen molar-refractivity contribution in [2.75, 3.05) is 32.6 Å². The fraction of sp³-hybridized carbons (Fsp3) is 0.364. The van der Waals surface area contributed by atoms with Gasteiger partial charge in [-0.15, -0.1) is 0 Å². The first-order valence-electron chi connectivity index (χ1n) is 4.83. The number of amides is 1. The van der Waals surface area contributed by atoms with E-state index in [1.807, 2.05) is 18.2 Å². The van der Waals surface area contributed by atoms with Crippen LogP contribution in [-0.2, 0) is 4.74 Å². The molecule has 15 heavy (non-hydrogen) atoms. The maximum absolute atomic E-state index is 11.7. The molecular weight excluding hydrogens is 192 g/mol. The van der Waals surface area contributed by atoms with Gasteiger partial charge in [-0.05, 0) is 12.1 Å². The molecule has 0 fully saturated rings. The van der Waals surface area contributed by atoms with Gasteiger partial charge >= 0.3 is 0 Å². The second-order valence-corrected chi connectivity index (χ2v) is 3.04. The molecule has 0 heterocycles. The molecule has 0 aliphatic carbocycles. The summed E-state index contributed by atoms with van der Waals surface area (Å²) < 4.78 is 4.85. The first kappa shape index (κ1) is 11.5. The van der Waals surface area contributed by atoms with Crippen molar-refractivity contribution in [2.24, 2.45) is 0 Å². The van der Waals surface area contributed by atoms with Gasteiger partial charge in [0.05, 0.1) is 12.2 Å². The molecule has 4 nitrogen and oxygen atoms in total. The third-order valence-electron chi connectivity index (χ3n) is 2.03. The maximum atomic E-state index is 11.7. The highest BCUT2D eigenvalue weighted by molar-refractivity contribution is 5.99. The summed E-state index contributed by atoms with van der Waals surface area (Å²) in [6.07, 6.45) is 0. The molecule has 0 bridgehead atoms. The molecule has 0 aliphatic rings. The fourth-order valence-corrected chi connectivity index (χ4v) is 1.26. The van der Waals surface area contributed by atoms with Crippen molar-refractivity contribution < 1.29 is 9.53 Å². The average Bonchev–Trinajstić information content (AvgIpc) is 2.29. The van der Waals surface area contributed by atoms with Crippen LogP contribution in [0.1, 0.15) is 10.4 Å². The zero-order chi connectivity index (χ0) is 11.1. The molecule has 82 valence electrons. The van der Waals surface area contributed by atoms with Crippen molar-refractivity contribution in [3.63, 3.8) is 0 Å². The highest BCUT2D eigenvalue weighted by atomic mass is 16.5. The Labute approximate surface area is 89.6 Å². The van der Waals surface area contributed by atoms with Gasteiger partial charge < -0.3 is 15.4 Å². The molecule has 4 heteroatoms. The van der Waals surface area contributed by atoms with Crippen LogP contribution in [-0.4, -0.2) is 33.2 Å². The van der Waals surface area contributed by atoms with Crippen molar-refractivity contribution in [1.82, 2.24) is 5.32 Å². The van der Waals surface area contributed by atoms with Crippen LogP contribution in [0.5, 0.6) is 0 Å². The number of ether oxygens (including phenoxy) is 1. The molecule has 0 atom stereocenters. The van der Waals surface area contributed by atoms with Gasteiger partial charge in [-0.1, -0.05) is 12.1 Å². The van der Waals surface area contributed by atoms with E-state index < -0.39 is 0 Å². The van der Waals surface area contributed by atoms with Gasteiger partial charge in [0, 0.05) is 26.4 Å². The Balaban J connectivity index is 2.64. The van der Waals surface area contributed by atoms with Crippen LogP contribution < -0.4 is 10.6 Å². The molecule has 0 aliphatic heterocycles. The topological polar surface area (TPSA) is 50.4 Å². The Hall–Kier alpha value is -1.55. The number of methoxy groups -OCH3 is 1. The lowest BCUT2D eigenvalue weighted by Gasteiger charge is -2.08. The number of rotatable bonds is 5. The first-order chi connectivity index (χ1) is 7.29. The fourth-order valence-electron chi connectivity index (χ4n) is 1.26. The molecule has 0 saturated carbocycles. The lowest BCUT2D eigenvalue weighted by atomic mass is 10.1. The van der Waals surface area contributed by atoms with E-state index in [0.717, 1.165) is 5.69 Å². The van der Waals surface area contributed by atoms with Crippen molar-refractivity contribution in [3.05, 3.63) is 29.8 Å². The van der Waals surface area contributed by atoms with E-state index >= 15 is 0 Å². The highest BCUT2D eigenvalue weighted by Gasteiger charge is 2.08. The van der Waals surface area contributed by atoms with Gasteiger partial charge in [0.25, 0.3) is 5.91 Å². The van der Waals surface area contributed by atoms with E-state index in [2.05, 4.69) is 10.6 Å². The lowest BCUT2D eigenvalue weighted by molar-refractivity contribution is 0.0938. The van der Waals surface area contributed by atoms with Gasteiger partial charge in [-0.25, -0.2) is 0 Å². The first-order valence-corrected chi connectivity index (χ1v) is 4.83. The molecule has 0 unspecified atom stereocenters. The second-order valence-electron chi connectivity index (χ2n) is 3.04. The Kier molecular flexibility index (Phi) is 4.63. The van der Waals surface area contributed by atoms with Crippen LogP contribution in [0.3, 0.4) is 0 Å². The Morgan fingerprint density at radius 2 is 2.13 bits per heavy atom. The Morgan fingerprint density at radius 3 is 2.80 bits per heavy atom. The number of carbonyl (C=O) groups excluding carboxylic acids is 1. The van der Waals surface area contributed by atoms with E-state index in [4.69, 9.17) is 4.74 Å². The minimum Gasteiger partial charge on any atom is -0.387 e. The van der Waals surface area contributed by atoms with E-state index in [9.17, 15) is 4.79 Å². The third kappa shape index (κ3) is 3.25. The van der Waals surface area contributed by atoms with Crippen molar-refractivity contribution in [1.29, 1.82) is 0 Å². The largest absolute Gasteiger partial charge is 0.387 e. The van der Waals surface area contributed by atoms with Crippen molar-refractivity contribution >= 4 is 11.6 Å². The van der Waals surface area contributed by atoms with Crippen molar-refractivity contribution in [3.8, 4) is 0 Å². The molecule has 1 rings (SSSR count). The van der Waals surface area contributed by atoms with Crippen molar-refractivity contribution in [2.45, 2.75) is 0 Å². The van der Waals surface area contributed by atoms with E-state index in [0.29, 0.717) is 18.7 Å². The SMILES string of the molecule is CNc1ccccc1C(=O)NCCOC. The third-order valence-corrected chi connectivity index (χ3v) is 2.03. The van der Waals surface area contributed by atoms with Crippen LogP contribution in [0, 0.1) is 0 Å². The molecule has 1 aromatic rings. The predicted octanol–water partition coefficient (Wildman–Crippen LogP) is 1.10. The summed E-state index contributed by atoms with van der Waals surface area (Å²) in [6, 6.07) is 7.38. The monoisotopic (exact) mass is 208 g/mol. The zero-order valence-corrected chi connectivity index (χ0v) is 9.04. The summed E-state index contributed by atoms with van der Waals surface area (Å²) in [5, 5.41) is 5.75. The van der Waals surface area contributed by atoms with Gasteiger partial charge in [-0.2, -0.15) is 0 Å². The molecule has 1 aromatic carbocycles. The predicted molar refractivity (Wildman–Crippen MR) is 60.2 cm³/mol. The van der Waals surface area contributed by atoms with Crippen LogP contribution in [0.4, 0.5) is 5.69 Å². The van der Waals surface area contributed by atoms with Gasteiger partial charge in [-0.3, -0.25) is 4.79 Å². The molecule has 1 amide bonds. The number of hydrogen-bond donors (Lipinski definition) is 2. The molecular formula is C11H16N2O2. The second kappa shape index (κ2) is 6.03. The summed E-state index contributed by atoms with van der Waals surface area (Å²) in [5.41, 5.74) is 1.48. The molecule has 0 radical (unpaired) electrons. The van der Waals surface area contributed by atoms with Crippen LogP contribution >= 0.6 is 0 Å². The normalized spacial score (nSPS) is 9.73. The summed E-state index contributed by atoms with van der Waals surface area (Å²) in [5.74, 6) is -0.0861. The Bertz CT molecular complexity index is 326. The van der Waals surface area contributed by atoms with E-state index in [1.165, 1.54) is 0 Å². The summed E-state index contributed by atoms with van der Waals surface area (Å²) >= 11 is 0. The molecule has 0 spiro atoms. The van der Waals surface area contributed by atoms with E-state index in [1.54, 1.807) is 20.2 Å². The molecule has 0 aromatic heterocycles. The Morgan fingerprint density at radius 1 is 1.40 bits per heavy atom. The van der Waals surface area contributed by atoms with Crippen LogP contribution in [0.15, 0.2) is 24.3 Å². The summed E-state index contributed by atoms with van der Waals surface area (Å²) in [7, 11) is 3.40. The molecule has 2 N–H and O–H groups in total. The lowest BCUT2D eigenvalue weighted by Crippen LogP contribution is -2.27. The standard InChI is InChI=1S/C11H16N2O2/c1-12-10-6-4-3-5-9(10)11(14)13-7-8-15-2/h3-6,12H,7-8H2,1-2H3,(H,13,14). The number of hydrogen-bond acceptors (Lipinski definition) is 3. The van der Waals surface area contributed by atoms with Gasteiger partial charge in [0.15, 0.2) is 0 Å². The number of para-hydroxylation sites is 1. The highest BCUT2D eigenvalue weighted by Crippen LogP contribution is 2.13. The average molecular weight is 208 g/mol. The minimum absolute atomic E-state index is 0.0861.